The van der Waals surface area contributed by atoms with Gasteiger partial charge in [0, 0.05) is 35.8 Å². The van der Waals surface area contributed by atoms with E-state index in [1.54, 1.807) is 0 Å². The van der Waals surface area contributed by atoms with Gasteiger partial charge in [0.1, 0.15) is 0 Å². The Kier molecular flexibility index (Phi) is 5.43. The largest absolute Gasteiger partial charge is 0.387 e. The Bertz CT molecular complexity index is 685. The van der Waals surface area contributed by atoms with Gasteiger partial charge in [-0.2, -0.15) is 0 Å². The molecule has 3 nitrogen and oxygen atoms in total. The lowest BCUT2D eigenvalue weighted by Gasteiger charge is -2.36. The van der Waals surface area contributed by atoms with E-state index in [2.05, 4.69) is 30.5 Å². The average Bonchev–Trinajstić information content (AvgIpc) is 2.82. The number of benzene rings is 1. The number of anilines is 1. The average molecular weight is 361 g/mol. The summed E-state index contributed by atoms with van der Waals surface area (Å²) in [4.78, 5) is 12.9. The first-order chi connectivity index (χ1) is 11.9. The molecule has 25 heavy (non-hydrogen) atoms. The molecule has 136 valence electrons. The zero-order valence-electron chi connectivity index (χ0n) is 15.5. The molecule has 2 N–H and O–H groups in total. The smallest absolute Gasteiger partial charge is 0.160 e. The van der Waals surface area contributed by atoms with E-state index in [0.29, 0.717) is 0 Å². The zero-order valence-corrected chi connectivity index (χ0v) is 16.3. The van der Waals surface area contributed by atoms with Crippen molar-refractivity contribution in [3.8, 4) is 0 Å². The van der Waals surface area contributed by atoms with E-state index in [0.717, 1.165) is 41.2 Å². The fourth-order valence-electron chi connectivity index (χ4n) is 4.09. The molecular weight excluding hydrogens is 332 g/mol. The summed E-state index contributed by atoms with van der Waals surface area (Å²) in [5.41, 5.74) is 4.04. The van der Waals surface area contributed by atoms with Crippen LogP contribution in [0.5, 0.6) is 0 Å². The van der Waals surface area contributed by atoms with Crippen molar-refractivity contribution < 1.29 is 4.79 Å². The molecule has 1 fully saturated rings. The van der Waals surface area contributed by atoms with Gasteiger partial charge in [0.15, 0.2) is 5.78 Å². The van der Waals surface area contributed by atoms with Crippen molar-refractivity contribution in [2.75, 3.05) is 12.4 Å². The number of halogens is 1. The van der Waals surface area contributed by atoms with Gasteiger partial charge < -0.3 is 10.6 Å². The Balaban J connectivity index is 1.96. The summed E-state index contributed by atoms with van der Waals surface area (Å²) in [5, 5.41) is 7.44. The molecule has 4 heteroatoms. The highest BCUT2D eigenvalue weighted by molar-refractivity contribution is 6.33. The van der Waals surface area contributed by atoms with Crippen molar-refractivity contribution in [3.05, 3.63) is 34.4 Å². The van der Waals surface area contributed by atoms with E-state index >= 15 is 0 Å². The molecule has 0 bridgehead atoms. The third-order valence-electron chi connectivity index (χ3n) is 5.40. The van der Waals surface area contributed by atoms with E-state index in [1.165, 1.54) is 31.2 Å². The van der Waals surface area contributed by atoms with E-state index in [-0.39, 0.29) is 17.2 Å². The number of allylic oxidation sites excluding steroid dienone is 1. The highest BCUT2D eigenvalue weighted by Crippen LogP contribution is 2.36. The van der Waals surface area contributed by atoms with Crippen LogP contribution in [0.2, 0.25) is 5.02 Å². The summed E-state index contributed by atoms with van der Waals surface area (Å²) >= 11 is 6.38. The minimum absolute atomic E-state index is 0.0902. The van der Waals surface area contributed by atoms with Gasteiger partial charge in [0.2, 0.25) is 0 Å². The summed E-state index contributed by atoms with van der Waals surface area (Å²) in [7, 11) is 1.87. The third-order valence-corrected chi connectivity index (χ3v) is 5.71. The second-order valence-corrected chi connectivity index (χ2v) is 8.48. The second kappa shape index (κ2) is 7.41. The van der Waals surface area contributed by atoms with E-state index in [1.807, 2.05) is 19.2 Å². The predicted octanol–water partition coefficient (Wildman–Crippen LogP) is 5.19. The van der Waals surface area contributed by atoms with Crippen molar-refractivity contribution in [1.29, 1.82) is 0 Å². The monoisotopic (exact) mass is 360 g/mol. The van der Waals surface area contributed by atoms with Crippen molar-refractivity contribution in [2.24, 2.45) is 5.92 Å². The molecule has 0 saturated heterocycles. The quantitative estimate of drug-likeness (QED) is 0.576. The van der Waals surface area contributed by atoms with Gasteiger partial charge in [-0.1, -0.05) is 37.3 Å². The van der Waals surface area contributed by atoms with Crippen molar-refractivity contribution in [1.82, 2.24) is 5.32 Å². The number of carbonyl (C=O) groups is 1. The standard InChI is InChI=1S/C21H29ClN2O/c1-21(2)13-15-10-17(22)19(23-3)11-16(15)18(24-21)12-20(25)14-8-6-4-5-7-9-14/h10-12,14,23-24H,4-9,13H2,1-3H3/b18-12-. The number of carbonyl (C=O) groups excluding carboxylic acids is 1. The lowest BCUT2D eigenvalue weighted by atomic mass is 9.84. The number of ketones is 1. The van der Waals surface area contributed by atoms with Gasteiger partial charge in [-0.05, 0) is 50.8 Å². The molecule has 0 unspecified atom stereocenters. The molecule has 0 atom stereocenters. The lowest BCUT2D eigenvalue weighted by molar-refractivity contribution is -0.118. The Labute approximate surface area is 156 Å². The Morgan fingerprint density at radius 2 is 1.92 bits per heavy atom. The zero-order chi connectivity index (χ0) is 18.0. The van der Waals surface area contributed by atoms with Crippen LogP contribution in [0.4, 0.5) is 5.69 Å². The molecule has 1 heterocycles. The second-order valence-electron chi connectivity index (χ2n) is 8.07. The van der Waals surface area contributed by atoms with Gasteiger partial charge in [-0.25, -0.2) is 0 Å². The molecule has 0 radical (unpaired) electrons. The van der Waals surface area contributed by atoms with Crippen LogP contribution in [-0.2, 0) is 11.2 Å². The molecule has 0 aromatic heterocycles. The lowest BCUT2D eigenvalue weighted by Crippen LogP contribution is -2.44. The van der Waals surface area contributed by atoms with Crippen LogP contribution in [0.3, 0.4) is 0 Å². The summed E-state index contributed by atoms with van der Waals surface area (Å²) in [6.07, 6.45) is 9.67. The molecule has 3 rings (SSSR count). The van der Waals surface area contributed by atoms with Gasteiger partial charge in [-0.15, -0.1) is 0 Å². The molecule has 1 aliphatic heterocycles. The van der Waals surface area contributed by atoms with Gasteiger partial charge >= 0.3 is 0 Å². The number of nitrogens with one attached hydrogen (secondary N) is 2. The molecule has 0 amide bonds. The number of rotatable bonds is 3. The van der Waals surface area contributed by atoms with Gasteiger partial charge in [-0.3, -0.25) is 4.79 Å². The normalized spacial score (nSPS) is 22.0. The summed E-state index contributed by atoms with van der Waals surface area (Å²) < 4.78 is 0. The fourth-order valence-corrected chi connectivity index (χ4v) is 4.37. The maximum absolute atomic E-state index is 12.9. The Hall–Kier alpha value is -1.48. The Morgan fingerprint density at radius 1 is 1.24 bits per heavy atom. The van der Waals surface area contributed by atoms with Crippen molar-refractivity contribution >= 4 is 28.8 Å². The molecular formula is C21H29ClN2O. The first kappa shape index (κ1) is 18.3. The molecule has 1 aromatic rings. The summed E-state index contributed by atoms with van der Waals surface area (Å²) in [5.74, 6) is 0.454. The summed E-state index contributed by atoms with van der Waals surface area (Å²) in [6, 6.07) is 4.10. The van der Waals surface area contributed by atoms with Crippen LogP contribution in [-0.4, -0.2) is 18.4 Å². The minimum Gasteiger partial charge on any atom is -0.387 e. The fraction of sp³-hybridized carbons (Fsp3) is 0.571. The number of hydrogen-bond donors (Lipinski definition) is 2. The van der Waals surface area contributed by atoms with Crippen LogP contribution in [0, 0.1) is 5.92 Å². The molecule has 1 aliphatic carbocycles. The summed E-state index contributed by atoms with van der Waals surface area (Å²) in [6.45, 7) is 4.33. The van der Waals surface area contributed by atoms with Crippen LogP contribution in [0.15, 0.2) is 18.2 Å². The van der Waals surface area contributed by atoms with E-state index in [9.17, 15) is 4.79 Å². The maximum atomic E-state index is 12.9. The number of fused-ring (bicyclic) bond motifs is 1. The van der Waals surface area contributed by atoms with Crippen LogP contribution in [0.1, 0.15) is 63.5 Å². The first-order valence-electron chi connectivity index (χ1n) is 9.44. The van der Waals surface area contributed by atoms with E-state index in [4.69, 9.17) is 11.6 Å². The molecule has 0 spiro atoms. The highest BCUT2D eigenvalue weighted by atomic mass is 35.5. The molecule has 1 aromatic carbocycles. The number of hydrogen-bond acceptors (Lipinski definition) is 3. The third kappa shape index (κ3) is 4.20. The highest BCUT2D eigenvalue weighted by Gasteiger charge is 2.29. The van der Waals surface area contributed by atoms with Crippen LogP contribution in [0.25, 0.3) is 5.70 Å². The van der Waals surface area contributed by atoms with Gasteiger partial charge in [0.25, 0.3) is 0 Å². The van der Waals surface area contributed by atoms with Crippen LogP contribution < -0.4 is 10.6 Å². The first-order valence-corrected chi connectivity index (χ1v) is 9.82. The SMILES string of the molecule is CNc1cc2c(cc1Cl)CC(C)(C)N/C2=C\C(=O)C1CCCCCC1. The topological polar surface area (TPSA) is 41.1 Å². The minimum atomic E-state index is -0.0902. The Morgan fingerprint density at radius 3 is 2.56 bits per heavy atom. The predicted molar refractivity (Wildman–Crippen MR) is 106 cm³/mol. The van der Waals surface area contributed by atoms with Gasteiger partial charge in [0.05, 0.1) is 10.7 Å². The van der Waals surface area contributed by atoms with Crippen molar-refractivity contribution in [2.45, 2.75) is 64.3 Å². The van der Waals surface area contributed by atoms with Crippen molar-refractivity contribution in [3.63, 3.8) is 0 Å². The molecule has 2 aliphatic rings. The van der Waals surface area contributed by atoms with E-state index < -0.39 is 0 Å². The van der Waals surface area contributed by atoms with Crippen LogP contribution >= 0.6 is 11.6 Å². The maximum Gasteiger partial charge on any atom is 0.160 e. The molecule has 1 saturated carbocycles.